The number of aryl methyl sites for hydroxylation is 1. The Morgan fingerprint density at radius 3 is 2.62 bits per heavy atom. The van der Waals surface area contributed by atoms with Gasteiger partial charge in [0.15, 0.2) is 0 Å². The molecule has 1 aliphatic rings. The number of fused-ring (bicyclic) bond motifs is 1. The molecule has 0 radical (unpaired) electrons. The quantitative estimate of drug-likeness (QED) is 0.879. The van der Waals surface area contributed by atoms with Gasteiger partial charge in [-0.15, -0.1) is 0 Å². The van der Waals surface area contributed by atoms with Crippen molar-refractivity contribution >= 4 is 10.0 Å². The zero-order valence-corrected chi connectivity index (χ0v) is 16.0. The second-order valence-corrected chi connectivity index (χ2v) is 8.77. The smallest absolute Gasteiger partial charge is 0.241 e. The number of methoxy groups -OCH3 is 1. The highest BCUT2D eigenvalue weighted by atomic mass is 32.2. The van der Waals surface area contributed by atoms with Crippen LogP contribution in [0.2, 0.25) is 0 Å². The Hall–Kier alpha value is -2.12. The molecule has 1 aliphatic heterocycles. The van der Waals surface area contributed by atoms with Crippen LogP contribution in [0.15, 0.2) is 41.3 Å². The molecule has 140 valence electrons. The van der Waals surface area contributed by atoms with E-state index in [0.29, 0.717) is 23.5 Å². The van der Waals surface area contributed by atoms with Crippen molar-refractivity contribution in [2.75, 3.05) is 7.11 Å². The second kappa shape index (κ2) is 6.55. The van der Waals surface area contributed by atoms with Gasteiger partial charge in [0, 0.05) is 12.0 Å². The van der Waals surface area contributed by atoms with Gasteiger partial charge in [-0.05, 0) is 62.7 Å². The number of sulfonamides is 1. The van der Waals surface area contributed by atoms with E-state index in [1.165, 1.54) is 19.1 Å². The van der Waals surface area contributed by atoms with Crippen LogP contribution < -0.4 is 14.2 Å². The molecule has 2 aromatic carbocycles. The van der Waals surface area contributed by atoms with Crippen LogP contribution in [0.25, 0.3) is 0 Å². The zero-order chi connectivity index (χ0) is 19.1. The third-order valence-corrected chi connectivity index (χ3v) is 5.88. The van der Waals surface area contributed by atoms with Gasteiger partial charge in [-0.1, -0.05) is 0 Å². The molecule has 0 spiro atoms. The molecule has 2 aromatic rings. The topological polar surface area (TPSA) is 64.6 Å². The summed E-state index contributed by atoms with van der Waals surface area (Å²) in [5.41, 5.74) is 0.460. The zero-order valence-electron chi connectivity index (χ0n) is 15.2. The minimum Gasteiger partial charge on any atom is -0.497 e. The Balaban J connectivity index is 1.99. The Morgan fingerprint density at radius 2 is 1.96 bits per heavy atom. The van der Waals surface area contributed by atoms with Crippen molar-refractivity contribution in [1.82, 2.24) is 4.72 Å². The summed E-state index contributed by atoms with van der Waals surface area (Å²) in [7, 11) is -2.27. The van der Waals surface area contributed by atoms with E-state index in [9.17, 15) is 12.8 Å². The predicted octanol–water partition coefficient (Wildman–Crippen LogP) is 3.72. The molecule has 26 heavy (non-hydrogen) atoms. The van der Waals surface area contributed by atoms with Crippen molar-refractivity contribution in [3.05, 3.63) is 53.3 Å². The molecule has 0 bridgehead atoms. The maximum Gasteiger partial charge on any atom is 0.241 e. The number of nitrogens with one attached hydrogen (secondary N) is 1. The van der Waals surface area contributed by atoms with Crippen LogP contribution in [0.5, 0.6) is 11.5 Å². The molecule has 0 saturated carbocycles. The van der Waals surface area contributed by atoms with Crippen molar-refractivity contribution in [2.45, 2.75) is 43.7 Å². The molecule has 0 aromatic heterocycles. The third kappa shape index (κ3) is 3.68. The highest BCUT2D eigenvalue weighted by Gasteiger charge is 2.36. The van der Waals surface area contributed by atoms with Gasteiger partial charge in [-0.3, -0.25) is 0 Å². The second-order valence-electron chi connectivity index (χ2n) is 7.05. The largest absolute Gasteiger partial charge is 0.497 e. The molecule has 3 rings (SSSR count). The van der Waals surface area contributed by atoms with E-state index in [0.717, 1.165) is 6.07 Å². The predicted molar refractivity (Wildman–Crippen MR) is 96.5 cm³/mol. The lowest BCUT2D eigenvalue weighted by Crippen LogP contribution is -2.41. The first kappa shape index (κ1) is 18.7. The first-order chi connectivity index (χ1) is 12.1. The lowest BCUT2D eigenvalue weighted by atomic mass is 9.90. The fourth-order valence-corrected chi connectivity index (χ4v) is 4.40. The maximum absolute atomic E-state index is 13.5. The highest BCUT2D eigenvalue weighted by Crippen LogP contribution is 2.41. The van der Waals surface area contributed by atoms with Gasteiger partial charge < -0.3 is 9.47 Å². The molecule has 7 heteroatoms. The average Bonchev–Trinajstić information content (AvgIpc) is 2.55. The van der Waals surface area contributed by atoms with Crippen LogP contribution in [0, 0.1) is 12.7 Å². The van der Waals surface area contributed by atoms with E-state index in [-0.39, 0.29) is 10.5 Å². The number of halogens is 1. The van der Waals surface area contributed by atoms with Crippen LogP contribution in [0.1, 0.15) is 37.4 Å². The third-order valence-electron chi connectivity index (χ3n) is 4.41. The molecular weight excluding hydrogens is 357 g/mol. The molecular formula is C19H22FNO4S. The van der Waals surface area contributed by atoms with Gasteiger partial charge in [-0.25, -0.2) is 17.5 Å². The van der Waals surface area contributed by atoms with Gasteiger partial charge in [0.25, 0.3) is 0 Å². The summed E-state index contributed by atoms with van der Waals surface area (Å²) in [6.45, 7) is 5.35. The number of hydrogen-bond acceptors (Lipinski definition) is 4. The molecule has 1 N–H and O–H groups in total. The van der Waals surface area contributed by atoms with Crippen LogP contribution >= 0.6 is 0 Å². The molecule has 0 aliphatic carbocycles. The van der Waals surface area contributed by atoms with E-state index in [1.54, 1.807) is 25.3 Å². The van der Waals surface area contributed by atoms with Crippen LogP contribution in [-0.4, -0.2) is 21.1 Å². The van der Waals surface area contributed by atoms with Gasteiger partial charge >= 0.3 is 0 Å². The van der Waals surface area contributed by atoms with E-state index < -0.39 is 27.5 Å². The summed E-state index contributed by atoms with van der Waals surface area (Å²) in [6.07, 6.45) is 0.451. The van der Waals surface area contributed by atoms with E-state index in [1.807, 2.05) is 13.8 Å². The Bertz CT molecular complexity index is 941. The van der Waals surface area contributed by atoms with Crippen molar-refractivity contribution in [2.24, 2.45) is 0 Å². The Morgan fingerprint density at radius 1 is 1.23 bits per heavy atom. The summed E-state index contributed by atoms with van der Waals surface area (Å²) in [4.78, 5) is 0.0325. The molecule has 1 atom stereocenters. The van der Waals surface area contributed by atoms with Crippen molar-refractivity contribution in [3.63, 3.8) is 0 Å². The summed E-state index contributed by atoms with van der Waals surface area (Å²) in [5.74, 6) is 0.796. The average molecular weight is 379 g/mol. The molecule has 0 amide bonds. The number of hydrogen-bond donors (Lipinski definition) is 1. The van der Waals surface area contributed by atoms with Crippen LogP contribution in [-0.2, 0) is 10.0 Å². The van der Waals surface area contributed by atoms with Crippen molar-refractivity contribution < 1.29 is 22.3 Å². The monoisotopic (exact) mass is 379 g/mol. The number of rotatable bonds is 4. The summed E-state index contributed by atoms with van der Waals surface area (Å²) < 4.78 is 53.1. The van der Waals surface area contributed by atoms with Gasteiger partial charge in [0.2, 0.25) is 10.0 Å². The molecule has 1 heterocycles. The normalized spacial score (nSPS) is 18.7. The van der Waals surface area contributed by atoms with Crippen LogP contribution in [0.4, 0.5) is 4.39 Å². The van der Waals surface area contributed by atoms with Gasteiger partial charge in [0.05, 0.1) is 18.0 Å². The van der Waals surface area contributed by atoms with E-state index >= 15 is 0 Å². The van der Waals surface area contributed by atoms with Gasteiger partial charge in [0.1, 0.15) is 22.9 Å². The standard InChI is InChI=1S/C19H22FNO4S/c1-12-9-14(6-7-16(12)20)26(22,23)21-17-11-19(2,3)25-18-8-5-13(24-4)10-15(17)18/h5-10,17,21H,11H2,1-4H3. The highest BCUT2D eigenvalue weighted by molar-refractivity contribution is 7.89. The number of benzene rings is 2. The van der Waals surface area contributed by atoms with Gasteiger partial charge in [-0.2, -0.15) is 0 Å². The first-order valence-corrected chi connectivity index (χ1v) is 9.75. The summed E-state index contributed by atoms with van der Waals surface area (Å²) >= 11 is 0. The lowest BCUT2D eigenvalue weighted by molar-refractivity contribution is 0.0700. The fraction of sp³-hybridized carbons (Fsp3) is 0.368. The number of ether oxygens (including phenoxy) is 2. The van der Waals surface area contributed by atoms with E-state index in [2.05, 4.69) is 4.72 Å². The molecule has 5 nitrogen and oxygen atoms in total. The van der Waals surface area contributed by atoms with E-state index in [4.69, 9.17) is 9.47 Å². The Labute approximate surface area is 153 Å². The van der Waals surface area contributed by atoms with Crippen molar-refractivity contribution in [1.29, 1.82) is 0 Å². The van der Waals surface area contributed by atoms with Crippen molar-refractivity contribution in [3.8, 4) is 11.5 Å². The van der Waals surface area contributed by atoms with Crippen LogP contribution in [0.3, 0.4) is 0 Å². The minimum absolute atomic E-state index is 0.0325. The molecule has 1 unspecified atom stereocenters. The first-order valence-electron chi connectivity index (χ1n) is 8.27. The maximum atomic E-state index is 13.5. The summed E-state index contributed by atoms with van der Waals surface area (Å²) in [6, 6.07) is 8.59. The summed E-state index contributed by atoms with van der Waals surface area (Å²) in [5, 5.41) is 0. The molecule has 0 saturated heterocycles. The minimum atomic E-state index is -3.82. The SMILES string of the molecule is COc1ccc2c(c1)C(NS(=O)(=O)c1ccc(F)c(C)c1)CC(C)(C)O2. The Kier molecular flexibility index (Phi) is 4.71. The lowest BCUT2D eigenvalue weighted by Gasteiger charge is -2.37. The fourth-order valence-electron chi connectivity index (χ4n) is 3.10. The molecule has 0 fully saturated rings.